The lowest BCUT2D eigenvalue weighted by atomic mass is 10.2. The first-order valence-electron chi connectivity index (χ1n) is 8.54. The molecule has 3 rings (SSSR count). The van der Waals surface area contributed by atoms with Gasteiger partial charge in [-0.05, 0) is 55.5 Å². The molecule has 0 aromatic heterocycles. The van der Waals surface area contributed by atoms with Crippen LogP contribution in [0.2, 0.25) is 0 Å². The van der Waals surface area contributed by atoms with Crippen LogP contribution >= 0.6 is 0 Å². The Balaban J connectivity index is 1.57. The van der Waals surface area contributed by atoms with Crippen LogP contribution in [0.4, 0.5) is 14.9 Å². The SMILES string of the molecule is C[C@H](C1CC1)N(C)C(=O)Nc1cccc(OCc2ccc(F)cc2)c1. The molecule has 0 aliphatic heterocycles. The van der Waals surface area contributed by atoms with Gasteiger partial charge >= 0.3 is 6.03 Å². The van der Waals surface area contributed by atoms with Crippen molar-refractivity contribution in [2.45, 2.75) is 32.4 Å². The molecule has 0 heterocycles. The third kappa shape index (κ3) is 4.72. The molecule has 4 nitrogen and oxygen atoms in total. The Morgan fingerprint density at radius 2 is 2.00 bits per heavy atom. The Hall–Kier alpha value is -2.56. The smallest absolute Gasteiger partial charge is 0.321 e. The molecule has 5 heteroatoms. The summed E-state index contributed by atoms with van der Waals surface area (Å²) in [6.45, 7) is 2.43. The predicted molar refractivity (Wildman–Crippen MR) is 96.1 cm³/mol. The zero-order valence-corrected chi connectivity index (χ0v) is 14.5. The number of carbonyl (C=O) groups excluding carboxylic acids is 1. The van der Waals surface area contributed by atoms with Crippen molar-refractivity contribution in [3.05, 3.63) is 59.9 Å². The van der Waals surface area contributed by atoms with Crippen LogP contribution in [0, 0.1) is 11.7 Å². The Kier molecular flexibility index (Phi) is 5.22. The molecule has 0 spiro atoms. The van der Waals surface area contributed by atoms with E-state index < -0.39 is 0 Å². The van der Waals surface area contributed by atoms with Crippen LogP contribution in [0.5, 0.6) is 5.75 Å². The van der Waals surface area contributed by atoms with Crippen molar-refractivity contribution in [2.24, 2.45) is 5.92 Å². The molecule has 25 heavy (non-hydrogen) atoms. The molecule has 132 valence electrons. The summed E-state index contributed by atoms with van der Waals surface area (Å²) in [6.07, 6.45) is 2.40. The van der Waals surface area contributed by atoms with Crippen molar-refractivity contribution < 1.29 is 13.9 Å². The maximum Gasteiger partial charge on any atom is 0.321 e. The molecular weight excluding hydrogens is 319 g/mol. The molecular formula is C20H23FN2O2. The fraction of sp³-hybridized carbons (Fsp3) is 0.350. The standard InChI is InChI=1S/C20H23FN2O2/c1-14(16-8-9-16)23(2)20(24)22-18-4-3-5-19(12-18)25-13-15-6-10-17(21)11-7-15/h3-7,10-12,14,16H,8-9,13H2,1-2H3,(H,22,24)/t14-/m1/s1. The molecule has 2 amide bonds. The molecule has 1 aliphatic carbocycles. The van der Waals surface area contributed by atoms with Gasteiger partial charge in [-0.2, -0.15) is 0 Å². The first-order chi connectivity index (χ1) is 12.0. The Morgan fingerprint density at radius 1 is 1.28 bits per heavy atom. The average molecular weight is 342 g/mol. The fourth-order valence-corrected chi connectivity index (χ4v) is 2.70. The van der Waals surface area contributed by atoms with E-state index in [1.54, 1.807) is 23.1 Å². The summed E-state index contributed by atoms with van der Waals surface area (Å²) in [5, 5.41) is 2.91. The van der Waals surface area contributed by atoms with Gasteiger partial charge in [0.25, 0.3) is 0 Å². The van der Waals surface area contributed by atoms with Crippen LogP contribution in [0.1, 0.15) is 25.3 Å². The van der Waals surface area contributed by atoms with Crippen LogP contribution < -0.4 is 10.1 Å². The third-order valence-electron chi connectivity index (χ3n) is 4.64. The van der Waals surface area contributed by atoms with E-state index in [2.05, 4.69) is 12.2 Å². The van der Waals surface area contributed by atoms with Crippen molar-refractivity contribution in [3.63, 3.8) is 0 Å². The maximum atomic E-state index is 12.9. The molecule has 1 fully saturated rings. The topological polar surface area (TPSA) is 41.6 Å². The molecule has 1 aliphatic rings. The van der Waals surface area contributed by atoms with Crippen molar-refractivity contribution in [1.82, 2.24) is 4.90 Å². The fourth-order valence-electron chi connectivity index (χ4n) is 2.70. The normalized spacial score (nSPS) is 14.7. The van der Waals surface area contributed by atoms with Gasteiger partial charge in [-0.25, -0.2) is 9.18 Å². The number of rotatable bonds is 6. The van der Waals surface area contributed by atoms with Gasteiger partial charge < -0.3 is 15.0 Å². The van der Waals surface area contributed by atoms with Gasteiger partial charge in [-0.1, -0.05) is 18.2 Å². The Labute approximate surface area is 147 Å². The molecule has 0 bridgehead atoms. The van der Waals surface area contributed by atoms with Gasteiger partial charge in [-0.3, -0.25) is 0 Å². The second-order valence-electron chi connectivity index (χ2n) is 6.56. The Morgan fingerprint density at radius 3 is 2.68 bits per heavy atom. The van der Waals surface area contributed by atoms with E-state index >= 15 is 0 Å². The van der Waals surface area contributed by atoms with E-state index in [4.69, 9.17) is 4.74 Å². The highest BCUT2D eigenvalue weighted by Gasteiger charge is 2.32. The molecule has 2 aromatic rings. The number of nitrogens with one attached hydrogen (secondary N) is 1. The second kappa shape index (κ2) is 7.55. The van der Waals surface area contributed by atoms with Crippen LogP contribution in [0.3, 0.4) is 0 Å². The molecule has 0 radical (unpaired) electrons. The summed E-state index contributed by atoms with van der Waals surface area (Å²) < 4.78 is 18.6. The highest BCUT2D eigenvalue weighted by Crippen LogP contribution is 2.34. The number of urea groups is 1. The molecule has 1 atom stereocenters. The van der Waals surface area contributed by atoms with E-state index in [0.717, 1.165) is 5.56 Å². The Bertz CT molecular complexity index is 729. The zero-order valence-electron chi connectivity index (χ0n) is 14.5. The summed E-state index contributed by atoms with van der Waals surface area (Å²) in [5.41, 5.74) is 1.57. The first-order valence-corrected chi connectivity index (χ1v) is 8.54. The summed E-state index contributed by atoms with van der Waals surface area (Å²) >= 11 is 0. The number of ether oxygens (including phenoxy) is 1. The van der Waals surface area contributed by atoms with Gasteiger partial charge in [0, 0.05) is 24.8 Å². The van der Waals surface area contributed by atoms with Crippen LogP contribution in [0.15, 0.2) is 48.5 Å². The lowest BCUT2D eigenvalue weighted by molar-refractivity contribution is 0.201. The number of amides is 2. The monoisotopic (exact) mass is 342 g/mol. The number of benzene rings is 2. The number of halogens is 1. The summed E-state index contributed by atoms with van der Waals surface area (Å²) in [7, 11) is 1.83. The predicted octanol–water partition coefficient (Wildman–Crippen LogP) is 4.67. The van der Waals surface area contributed by atoms with Crippen molar-refractivity contribution in [3.8, 4) is 5.75 Å². The highest BCUT2D eigenvalue weighted by atomic mass is 19.1. The summed E-state index contributed by atoms with van der Waals surface area (Å²) in [6, 6.07) is 13.6. The van der Waals surface area contributed by atoms with Crippen LogP contribution in [0.25, 0.3) is 0 Å². The van der Waals surface area contributed by atoms with E-state index in [9.17, 15) is 9.18 Å². The minimum atomic E-state index is -0.266. The van der Waals surface area contributed by atoms with Gasteiger partial charge in [-0.15, -0.1) is 0 Å². The molecule has 0 saturated heterocycles. The number of hydrogen-bond donors (Lipinski definition) is 1. The first kappa shape index (κ1) is 17.3. The van der Waals surface area contributed by atoms with E-state index in [1.807, 2.05) is 25.2 Å². The second-order valence-corrected chi connectivity index (χ2v) is 6.56. The number of carbonyl (C=O) groups is 1. The molecule has 1 N–H and O–H groups in total. The van der Waals surface area contributed by atoms with Crippen LogP contribution in [-0.2, 0) is 6.61 Å². The van der Waals surface area contributed by atoms with E-state index in [-0.39, 0.29) is 17.9 Å². The number of hydrogen-bond acceptors (Lipinski definition) is 2. The molecule has 0 unspecified atom stereocenters. The zero-order chi connectivity index (χ0) is 17.8. The number of nitrogens with zero attached hydrogens (tertiary/aromatic N) is 1. The van der Waals surface area contributed by atoms with Gasteiger partial charge in [0.05, 0.1) is 0 Å². The largest absolute Gasteiger partial charge is 0.489 e. The average Bonchev–Trinajstić information content (AvgIpc) is 3.45. The number of anilines is 1. The lowest BCUT2D eigenvalue weighted by Gasteiger charge is -2.25. The van der Waals surface area contributed by atoms with E-state index in [1.165, 1.54) is 25.0 Å². The summed E-state index contributed by atoms with van der Waals surface area (Å²) in [5.74, 6) is 1.01. The highest BCUT2D eigenvalue weighted by molar-refractivity contribution is 5.89. The van der Waals surface area contributed by atoms with Crippen molar-refractivity contribution in [1.29, 1.82) is 0 Å². The van der Waals surface area contributed by atoms with Gasteiger partial charge in [0.15, 0.2) is 0 Å². The van der Waals surface area contributed by atoms with E-state index in [0.29, 0.717) is 24.0 Å². The molecule has 1 saturated carbocycles. The van der Waals surface area contributed by atoms with Gasteiger partial charge in [0.2, 0.25) is 0 Å². The molecule has 2 aromatic carbocycles. The minimum absolute atomic E-state index is 0.116. The lowest BCUT2D eigenvalue weighted by Crippen LogP contribution is -2.39. The minimum Gasteiger partial charge on any atom is -0.489 e. The summed E-state index contributed by atoms with van der Waals surface area (Å²) in [4.78, 5) is 14.1. The van der Waals surface area contributed by atoms with Gasteiger partial charge in [0.1, 0.15) is 18.2 Å². The van der Waals surface area contributed by atoms with Crippen LogP contribution in [-0.4, -0.2) is 24.0 Å². The maximum absolute atomic E-state index is 12.9. The quantitative estimate of drug-likeness (QED) is 0.829. The van der Waals surface area contributed by atoms with Crippen molar-refractivity contribution >= 4 is 11.7 Å². The third-order valence-corrected chi connectivity index (χ3v) is 4.64. The van der Waals surface area contributed by atoms with Crippen molar-refractivity contribution in [2.75, 3.05) is 12.4 Å².